The molecule has 0 fully saturated rings. The summed E-state index contributed by atoms with van der Waals surface area (Å²) >= 11 is 3.06. The highest BCUT2D eigenvalue weighted by Crippen LogP contribution is 2.19. The summed E-state index contributed by atoms with van der Waals surface area (Å²) < 4.78 is 36.6. The molecule has 7 heteroatoms. The third kappa shape index (κ3) is 11.0. The number of carbonyl (C=O) groups excluding carboxylic acids is 2. The van der Waals surface area contributed by atoms with Crippen LogP contribution in [0.15, 0.2) is 53.0 Å². The van der Waals surface area contributed by atoms with Crippen molar-refractivity contribution in [1.29, 1.82) is 0 Å². The summed E-state index contributed by atoms with van der Waals surface area (Å²) in [7, 11) is 0. The van der Waals surface area contributed by atoms with Gasteiger partial charge in [-0.05, 0) is 60.5 Å². The zero-order valence-corrected chi connectivity index (χ0v) is 18.5. The number of ether oxygens (including phenoxy) is 2. The number of benzene rings is 2. The lowest BCUT2D eigenvalue weighted by Crippen LogP contribution is -1.99. The monoisotopic (exact) mass is 512 g/mol. The summed E-state index contributed by atoms with van der Waals surface area (Å²) in [5.41, 5.74) is 1.29. The van der Waals surface area contributed by atoms with Crippen molar-refractivity contribution in [1.82, 2.24) is 0 Å². The molecule has 0 aliphatic carbocycles. The second-order valence-electron chi connectivity index (χ2n) is 5.79. The van der Waals surface area contributed by atoms with E-state index in [1.165, 1.54) is 24.3 Å². The van der Waals surface area contributed by atoms with Crippen LogP contribution in [0.25, 0.3) is 12.2 Å². The molecule has 0 spiro atoms. The van der Waals surface area contributed by atoms with Crippen molar-refractivity contribution < 1.29 is 27.8 Å². The van der Waals surface area contributed by atoms with E-state index in [2.05, 4.69) is 25.4 Å². The van der Waals surface area contributed by atoms with Crippen molar-refractivity contribution in [2.45, 2.75) is 35.6 Å². The Kier molecular flexibility index (Phi) is 16.5. The average molecular weight is 513 g/mol. The lowest BCUT2D eigenvalue weighted by atomic mass is 10.1. The van der Waals surface area contributed by atoms with Gasteiger partial charge >= 0.3 is 11.9 Å². The van der Waals surface area contributed by atoms with Crippen molar-refractivity contribution in [3.63, 3.8) is 0 Å². The maximum Gasteiger partial charge on any atom is 0.330 e. The Labute approximate surface area is 198 Å². The predicted molar refractivity (Wildman–Crippen MR) is 130 cm³/mol. The molecule has 0 radical (unpaired) electrons. The van der Waals surface area contributed by atoms with Gasteiger partial charge in [0.2, 0.25) is 0 Å². The lowest BCUT2D eigenvalue weighted by Gasteiger charge is -2.00. The molecule has 32 heavy (non-hydrogen) atoms. The van der Waals surface area contributed by atoms with Crippen LogP contribution in [-0.2, 0) is 19.1 Å². The highest BCUT2D eigenvalue weighted by atomic mass is 79.9. The van der Waals surface area contributed by atoms with Crippen molar-refractivity contribution in [3.05, 3.63) is 81.3 Å². The van der Waals surface area contributed by atoms with Gasteiger partial charge in [0.1, 0.15) is 11.6 Å². The van der Waals surface area contributed by atoms with Crippen molar-refractivity contribution in [3.8, 4) is 0 Å². The van der Waals surface area contributed by atoms with Gasteiger partial charge in [-0.15, -0.1) is 0 Å². The molecule has 0 amide bonds. The summed E-state index contributed by atoms with van der Waals surface area (Å²) in [4.78, 5) is 22.0. The van der Waals surface area contributed by atoms with Gasteiger partial charge in [0.25, 0.3) is 0 Å². The minimum Gasteiger partial charge on any atom is -0.463 e. The molecule has 0 bridgehead atoms. The van der Waals surface area contributed by atoms with Crippen LogP contribution in [0.4, 0.5) is 8.78 Å². The zero-order chi connectivity index (χ0) is 22.5. The van der Waals surface area contributed by atoms with Crippen molar-refractivity contribution in [2.75, 3.05) is 13.2 Å². The van der Waals surface area contributed by atoms with Gasteiger partial charge in [-0.2, -0.15) is 0 Å². The Balaban J connectivity index is 0. The maximum absolute atomic E-state index is 13.4. The van der Waals surface area contributed by atoms with E-state index < -0.39 is 17.8 Å². The topological polar surface area (TPSA) is 52.6 Å². The summed E-state index contributed by atoms with van der Waals surface area (Å²) in [5.74, 6) is -1.63. The Morgan fingerprint density at radius 2 is 1.28 bits per heavy atom. The molecule has 0 unspecified atom stereocenters. The molecule has 0 heterocycles. The third-order valence-electron chi connectivity index (χ3n) is 3.57. The standard InChI is InChI=1S/C12H13FO2.C11H10BrFO2.2CH4/c1-3-15-11(14)8-7-10-6-4-5-9(2)12(10)13;1-2-15-10(14)7-6-8-4-3-5-9(12)11(8)13;;/h4-8H,3H2,1-2H3;3-7H,2H2,1H3;2*1H4/b8-7+;7-6+;;. The normalized spacial score (nSPS) is 9.94. The lowest BCUT2D eigenvalue weighted by molar-refractivity contribution is -0.138. The Morgan fingerprint density at radius 1 is 0.844 bits per heavy atom. The van der Waals surface area contributed by atoms with Crippen LogP contribution in [0.2, 0.25) is 0 Å². The van der Waals surface area contributed by atoms with Crippen LogP contribution in [0.5, 0.6) is 0 Å². The second-order valence-corrected chi connectivity index (χ2v) is 6.65. The number of hydrogen-bond acceptors (Lipinski definition) is 4. The molecule has 0 aliphatic heterocycles. The SMILES string of the molecule is C.C.CCOC(=O)/C=C/c1cccc(Br)c1F.CCOC(=O)/C=C/c1cccc(C)c1F. The van der Waals surface area contributed by atoms with Crippen LogP contribution in [0.3, 0.4) is 0 Å². The van der Waals surface area contributed by atoms with E-state index in [9.17, 15) is 18.4 Å². The Hall–Kier alpha value is -2.80. The van der Waals surface area contributed by atoms with E-state index in [-0.39, 0.29) is 20.7 Å². The molecular weight excluding hydrogens is 482 g/mol. The molecule has 0 aliphatic rings. The van der Waals surface area contributed by atoms with Gasteiger partial charge in [-0.25, -0.2) is 18.4 Å². The van der Waals surface area contributed by atoms with Crippen molar-refractivity contribution >= 4 is 40.0 Å². The molecule has 0 saturated heterocycles. The summed E-state index contributed by atoms with van der Waals surface area (Å²) in [5, 5.41) is 0. The number of rotatable bonds is 6. The predicted octanol–water partition coefficient (Wildman–Crippen LogP) is 7.15. The van der Waals surface area contributed by atoms with E-state index in [1.54, 1.807) is 57.2 Å². The Morgan fingerprint density at radius 3 is 1.75 bits per heavy atom. The van der Waals surface area contributed by atoms with E-state index in [4.69, 9.17) is 0 Å². The molecule has 0 saturated carbocycles. The number of esters is 2. The molecule has 4 nitrogen and oxygen atoms in total. The van der Waals surface area contributed by atoms with Crippen LogP contribution in [0, 0.1) is 18.6 Å². The maximum atomic E-state index is 13.4. The Bertz CT molecular complexity index is 849. The first-order valence-electron chi connectivity index (χ1n) is 9.18. The van der Waals surface area contributed by atoms with E-state index in [0.29, 0.717) is 34.4 Å². The van der Waals surface area contributed by atoms with Gasteiger partial charge in [0.15, 0.2) is 0 Å². The van der Waals surface area contributed by atoms with Gasteiger partial charge < -0.3 is 9.47 Å². The van der Waals surface area contributed by atoms with E-state index in [0.717, 1.165) is 0 Å². The fraction of sp³-hybridized carbons (Fsp3) is 0.280. The molecule has 0 atom stereocenters. The smallest absolute Gasteiger partial charge is 0.330 e. The van der Waals surface area contributed by atoms with Gasteiger partial charge in [-0.1, -0.05) is 45.2 Å². The van der Waals surface area contributed by atoms with Crippen LogP contribution in [0.1, 0.15) is 45.4 Å². The molecule has 2 aromatic carbocycles. The van der Waals surface area contributed by atoms with Gasteiger partial charge in [0.05, 0.1) is 17.7 Å². The zero-order valence-electron chi connectivity index (χ0n) is 17.0. The van der Waals surface area contributed by atoms with Crippen LogP contribution < -0.4 is 0 Å². The van der Waals surface area contributed by atoms with E-state index >= 15 is 0 Å². The molecule has 0 N–H and O–H groups in total. The van der Waals surface area contributed by atoms with E-state index in [1.807, 2.05) is 0 Å². The largest absolute Gasteiger partial charge is 0.463 e. The number of carbonyl (C=O) groups is 2. The second kappa shape index (κ2) is 16.8. The first kappa shape index (κ1) is 31.4. The first-order chi connectivity index (χ1) is 14.3. The summed E-state index contributed by atoms with van der Waals surface area (Å²) in [6.45, 7) is 5.74. The third-order valence-corrected chi connectivity index (χ3v) is 4.19. The highest BCUT2D eigenvalue weighted by Gasteiger charge is 2.03. The van der Waals surface area contributed by atoms with Crippen molar-refractivity contribution in [2.24, 2.45) is 0 Å². The highest BCUT2D eigenvalue weighted by molar-refractivity contribution is 9.10. The molecule has 176 valence electrons. The quantitative estimate of drug-likeness (QED) is 0.304. The minimum absolute atomic E-state index is 0. The van der Waals surface area contributed by atoms with Gasteiger partial charge in [0, 0.05) is 23.3 Å². The molecule has 0 aromatic heterocycles. The number of hydrogen-bond donors (Lipinski definition) is 0. The minimum atomic E-state index is -0.475. The number of aryl methyl sites for hydroxylation is 1. The summed E-state index contributed by atoms with van der Waals surface area (Å²) in [6.07, 6.45) is 5.23. The van der Waals surface area contributed by atoms with Crippen LogP contribution in [-0.4, -0.2) is 25.2 Å². The number of halogens is 3. The first-order valence-corrected chi connectivity index (χ1v) is 9.98. The average Bonchev–Trinajstić information content (AvgIpc) is 2.71. The van der Waals surface area contributed by atoms with Gasteiger partial charge in [-0.3, -0.25) is 0 Å². The molecule has 2 rings (SSSR count). The fourth-order valence-electron chi connectivity index (χ4n) is 2.14. The fourth-order valence-corrected chi connectivity index (χ4v) is 2.53. The van der Waals surface area contributed by atoms with Crippen LogP contribution >= 0.6 is 15.9 Å². The summed E-state index contributed by atoms with van der Waals surface area (Å²) in [6, 6.07) is 9.89. The molecular formula is C25H31BrF2O4. The molecule has 2 aromatic rings.